The number of rotatable bonds is 6. The van der Waals surface area contributed by atoms with Crippen LogP contribution in [0, 0.1) is 5.41 Å². The molecule has 0 aliphatic carbocycles. The molecular weight excluding hydrogens is 394 g/mol. The molecular formula is C19H21N5O4S. The Morgan fingerprint density at radius 3 is 2.48 bits per heavy atom. The van der Waals surface area contributed by atoms with E-state index in [1.807, 2.05) is 6.07 Å². The molecule has 0 fully saturated rings. The molecule has 0 saturated carbocycles. The van der Waals surface area contributed by atoms with Crippen LogP contribution in [0.4, 0.5) is 0 Å². The Morgan fingerprint density at radius 1 is 1.14 bits per heavy atom. The number of para-hydroxylation sites is 1. The van der Waals surface area contributed by atoms with E-state index < -0.39 is 10.0 Å². The average molecular weight is 415 g/mol. The fraction of sp³-hybridized carbons (Fsp3) is 0.158. The zero-order valence-electron chi connectivity index (χ0n) is 16.1. The number of fused-ring (bicyclic) bond motifs is 1. The van der Waals surface area contributed by atoms with Crippen LogP contribution in [0.2, 0.25) is 0 Å². The minimum atomic E-state index is -3.93. The predicted octanol–water partition coefficient (Wildman–Crippen LogP) is 2.10. The summed E-state index contributed by atoms with van der Waals surface area (Å²) in [5.74, 6) is 0.433. The number of nitrogens with one attached hydrogen (secondary N) is 2. The fourth-order valence-corrected chi connectivity index (χ4v) is 4.32. The SMILES string of the molecule is COc1ccc(S(=O)(=O)n2cc(C(C)=NNC(=N)N)c3ccccc32)cc1OC. The summed E-state index contributed by atoms with van der Waals surface area (Å²) in [6.45, 7) is 1.70. The summed E-state index contributed by atoms with van der Waals surface area (Å²) in [7, 11) is -1.00. The van der Waals surface area contributed by atoms with E-state index in [1.165, 1.54) is 36.5 Å². The van der Waals surface area contributed by atoms with Crippen LogP contribution >= 0.6 is 0 Å². The summed E-state index contributed by atoms with van der Waals surface area (Å²) in [6.07, 6.45) is 1.50. The van der Waals surface area contributed by atoms with Crippen LogP contribution < -0.4 is 20.6 Å². The molecule has 152 valence electrons. The van der Waals surface area contributed by atoms with Crippen molar-refractivity contribution in [2.45, 2.75) is 11.8 Å². The first kappa shape index (κ1) is 20.2. The number of benzene rings is 2. The normalized spacial score (nSPS) is 12.0. The molecule has 3 aromatic rings. The van der Waals surface area contributed by atoms with E-state index in [-0.39, 0.29) is 10.9 Å². The summed E-state index contributed by atoms with van der Waals surface area (Å²) in [5, 5.41) is 12.0. The van der Waals surface area contributed by atoms with Gasteiger partial charge in [-0.25, -0.2) is 17.8 Å². The van der Waals surface area contributed by atoms with Crippen molar-refractivity contribution >= 4 is 32.6 Å². The highest BCUT2D eigenvalue weighted by atomic mass is 32.2. The van der Waals surface area contributed by atoms with Gasteiger partial charge in [-0.1, -0.05) is 18.2 Å². The Labute approximate surface area is 168 Å². The summed E-state index contributed by atoms with van der Waals surface area (Å²) < 4.78 is 38.4. The first-order chi connectivity index (χ1) is 13.8. The Bertz CT molecular complexity index is 1210. The molecule has 3 rings (SSSR count). The molecule has 1 heterocycles. The molecule has 9 nitrogen and oxygen atoms in total. The van der Waals surface area contributed by atoms with Crippen LogP contribution in [0.1, 0.15) is 12.5 Å². The molecule has 0 amide bonds. The Kier molecular flexibility index (Phi) is 5.46. The van der Waals surface area contributed by atoms with Crippen molar-refractivity contribution in [3.8, 4) is 11.5 Å². The van der Waals surface area contributed by atoms with Gasteiger partial charge in [0, 0.05) is 23.2 Å². The van der Waals surface area contributed by atoms with Gasteiger partial charge in [0.2, 0.25) is 5.96 Å². The number of hydrazone groups is 1. The third kappa shape index (κ3) is 3.74. The quantitative estimate of drug-likeness (QED) is 0.321. The van der Waals surface area contributed by atoms with E-state index in [4.69, 9.17) is 20.6 Å². The molecule has 0 radical (unpaired) electrons. The van der Waals surface area contributed by atoms with Gasteiger partial charge in [0.25, 0.3) is 10.0 Å². The van der Waals surface area contributed by atoms with Crippen LogP contribution in [-0.2, 0) is 10.0 Å². The highest BCUT2D eigenvalue weighted by Crippen LogP contribution is 2.32. The van der Waals surface area contributed by atoms with Gasteiger partial charge in [0.1, 0.15) is 0 Å². The van der Waals surface area contributed by atoms with E-state index in [9.17, 15) is 8.42 Å². The second-order valence-corrected chi connectivity index (χ2v) is 7.92. The maximum Gasteiger partial charge on any atom is 0.268 e. The monoisotopic (exact) mass is 415 g/mol. The first-order valence-electron chi connectivity index (χ1n) is 8.52. The maximum absolute atomic E-state index is 13.4. The molecule has 1 aromatic heterocycles. The second kappa shape index (κ2) is 7.84. The van der Waals surface area contributed by atoms with Gasteiger partial charge in [-0.2, -0.15) is 5.10 Å². The predicted molar refractivity (Wildman–Crippen MR) is 111 cm³/mol. The number of aromatic nitrogens is 1. The van der Waals surface area contributed by atoms with E-state index in [2.05, 4.69) is 10.5 Å². The van der Waals surface area contributed by atoms with Crippen LogP contribution in [0.15, 0.2) is 58.7 Å². The molecule has 29 heavy (non-hydrogen) atoms. The third-order valence-electron chi connectivity index (χ3n) is 4.32. The number of guanidine groups is 1. The van der Waals surface area contributed by atoms with E-state index in [1.54, 1.807) is 31.2 Å². The molecule has 0 atom stereocenters. The molecule has 0 aliphatic rings. The fourth-order valence-electron chi connectivity index (χ4n) is 2.93. The lowest BCUT2D eigenvalue weighted by Gasteiger charge is -2.11. The van der Waals surface area contributed by atoms with Crippen molar-refractivity contribution in [1.82, 2.24) is 9.40 Å². The Hall–Kier alpha value is -3.53. The zero-order chi connectivity index (χ0) is 21.2. The van der Waals surface area contributed by atoms with Gasteiger partial charge in [0.15, 0.2) is 11.5 Å². The minimum Gasteiger partial charge on any atom is -0.493 e. The first-order valence-corrected chi connectivity index (χ1v) is 9.96. The number of ether oxygens (including phenoxy) is 2. The van der Waals surface area contributed by atoms with Crippen LogP contribution in [0.3, 0.4) is 0 Å². The van der Waals surface area contributed by atoms with Crippen LogP contribution in [0.5, 0.6) is 11.5 Å². The molecule has 0 aliphatic heterocycles. The minimum absolute atomic E-state index is 0.0545. The van der Waals surface area contributed by atoms with E-state index >= 15 is 0 Å². The summed E-state index contributed by atoms with van der Waals surface area (Å²) in [5.41, 5.74) is 9.23. The lowest BCUT2D eigenvalue weighted by molar-refractivity contribution is 0.354. The lowest BCUT2D eigenvalue weighted by Crippen LogP contribution is -2.26. The van der Waals surface area contributed by atoms with Crippen molar-refractivity contribution in [3.63, 3.8) is 0 Å². The smallest absolute Gasteiger partial charge is 0.268 e. The summed E-state index contributed by atoms with van der Waals surface area (Å²) in [6, 6.07) is 11.5. The van der Waals surface area contributed by atoms with Gasteiger partial charge in [-0.15, -0.1) is 0 Å². The molecule has 4 N–H and O–H groups in total. The van der Waals surface area contributed by atoms with Crippen molar-refractivity contribution in [1.29, 1.82) is 5.41 Å². The second-order valence-electron chi connectivity index (χ2n) is 6.10. The van der Waals surface area contributed by atoms with Gasteiger partial charge >= 0.3 is 0 Å². The summed E-state index contributed by atoms with van der Waals surface area (Å²) >= 11 is 0. The zero-order valence-corrected chi connectivity index (χ0v) is 16.9. The van der Waals surface area contributed by atoms with E-state index in [0.29, 0.717) is 33.7 Å². The number of methoxy groups -OCH3 is 2. The van der Waals surface area contributed by atoms with Crippen LogP contribution in [-0.4, -0.2) is 38.3 Å². The maximum atomic E-state index is 13.4. The van der Waals surface area contributed by atoms with E-state index in [0.717, 1.165) is 0 Å². The topological polar surface area (TPSA) is 132 Å². The van der Waals surface area contributed by atoms with Crippen molar-refractivity contribution in [3.05, 3.63) is 54.2 Å². The Balaban J connectivity index is 2.19. The van der Waals surface area contributed by atoms with Crippen LogP contribution in [0.25, 0.3) is 10.9 Å². The molecule has 0 unspecified atom stereocenters. The van der Waals surface area contributed by atoms with Crippen molar-refractivity contribution in [2.75, 3.05) is 14.2 Å². The van der Waals surface area contributed by atoms with Gasteiger partial charge in [0.05, 0.1) is 30.3 Å². The van der Waals surface area contributed by atoms with Crippen molar-refractivity contribution < 1.29 is 17.9 Å². The molecule has 10 heteroatoms. The number of hydrogen-bond acceptors (Lipinski definition) is 6. The lowest BCUT2D eigenvalue weighted by atomic mass is 10.1. The largest absolute Gasteiger partial charge is 0.493 e. The third-order valence-corrected chi connectivity index (χ3v) is 5.99. The van der Waals surface area contributed by atoms with Crippen molar-refractivity contribution in [2.24, 2.45) is 10.8 Å². The number of nitrogens with two attached hydrogens (primary N) is 1. The standard InChI is InChI=1S/C19H21N5O4S/c1-12(22-23-19(20)21)15-11-24(16-7-5-4-6-14(15)16)29(25,26)13-8-9-17(27-2)18(10-13)28-3/h4-11H,1-3H3,(H4,20,21,23). The number of hydrogen-bond donors (Lipinski definition) is 3. The Morgan fingerprint density at radius 2 is 1.83 bits per heavy atom. The molecule has 0 spiro atoms. The molecule has 0 bridgehead atoms. The summed E-state index contributed by atoms with van der Waals surface area (Å²) in [4.78, 5) is 0.0545. The van der Waals surface area contributed by atoms with Gasteiger partial charge in [-0.05, 0) is 25.1 Å². The molecule has 2 aromatic carbocycles. The highest BCUT2D eigenvalue weighted by Gasteiger charge is 2.23. The highest BCUT2D eigenvalue weighted by molar-refractivity contribution is 7.90. The number of nitrogens with zero attached hydrogens (tertiary/aromatic N) is 2. The average Bonchev–Trinajstić information content (AvgIpc) is 3.12. The van der Waals surface area contributed by atoms with Gasteiger partial charge < -0.3 is 15.2 Å². The van der Waals surface area contributed by atoms with Gasteiger partial charge in [-0.3, -0.25) is 5.41 Å². The molecule has 0 saturated heterocycles.